The van der Waals surface area contributed by atoms with Crippen molar-refractivity contribution in [3.05, 3.63) is 71.7 Å². The molecule has 0 unspecified atom stereocenters. The highest BCUT2D eigenvalue weighted by molar-refractivity contribution is 8.03. The minimum atomic E-state index is -0.357. The van der Waals surface area contributed by atoms with Gasteiger partial charge in [0.1, 0.15) is 11.6 Å². The van der Waals surface area contributed by atoms with Crippen LogP contribution in [0.2, 0.25) is 0 Å². The summed E-state index contributed by atoms with van der Waals surface area (Å²) < 4.78 is 14.3. The minimum absolute atomic E-state index is 0.165. The van der Waals surface area contributed by atoms with Gasteiger partial charge in [-0.1, -0.05) is 24.4 Å². The van der Waals surface area contributed by atoms with Gasteiger partial charge in [-0.15, -0.1) is 0 Å². The van der Waals surface area contributed by atoms with Gasteiger partial charge in [0.15, 0.2) is 0 Å². The topological polar surface area (TPSA) is 89.8 Å². The molecule has 5 N–H and O–H groups in total. The molecule has 1 aromatic carbocycles. The van der Waals surface area contributed by atoms with E-state index in [4.69, 9.17) is 11.5 Å². The Bertz CT molecular complexity index is 781. The molecule has 7 heteroatoms. The van der Waals surface area contributed by atoms with Gasteiger partial charge in [0, 0.05) is 27.2 Å². The van der Waals surface area contributed by atoms with Gasteiger partial charge in [-0.05, 0) is 43.5 Å². The van der Waals surface area contributed by atoms with Crippen LogP contribution in [0.3, 0.4) is 0 Å². The van der Waals surface area contributed by atoms with Crippen LogP contribution in [0.4, 0.5) is 21.8 Å². The number of hydrogen-bond donors (Lipinski definition) is 3. The summed E-state index contributed by atoms with van der Waals surface area (Å²) in [5, 5.41) is 3.01. The van der Waals surface area contributed by atoms with Crippen LogP contribution in [-0.4, -0.2) is 9.97 Å². The van der Waals surface area contributed by atoms with Crippen molar-refractivity contribution in [2.75, 3.05) is 11.1 Å². The number of thioether (sulfide) groups is 1. The van der Waals surface area contributed by atoms with Gasteiger partial charge in [0.05, 0.1) is 0 Å². The number of nitrogens with zero attached hydrogens (tertiary/aromatic N) is 2. The number of aromatic nitrogens is 2. The number of hydrogen-bond acceptors (Lipinski definition) is 6. The first-order chi connectivity index (χ1) is 11.5. The first-order valence-corrected chi connectivity index (χ1v) is 7.90. The fourth-order valence-corrected chi connectivity index (χ4v) is 2.78. The van der Waals surface area contributed by atoms with E-state index in [0.29, 0.717) is 16.4 Å². The van der Waals surface area contributed by atoms with Crippen LogP contribution in [0.15, 0.2) is 65.1 Å². The fourth-order valence-electron chi connectivity index (χ4n) is 1.93. The van der Waals surface area contributed by atoms with E-state index >= 15 is 0 Å². The summed E-state index contributed by atoms with van der Waals surface area (Å²) in [5.74, 6) is 0.320. The van der Waals surface area contributed by atoms with Crippen LogP contribution >= 0.6 is 11.8 Å². The Balaban J connectivity index is 2.20. The molecule has 0 aliphatic heterocycles. The van der Waals surface area contributed by atoms with Crippen molar-refractivity contribution in [3.8, 4) is 0 Å². The number of halogens is 1. The predicted octanol–water partition coefficient (Wildman–Crippen LogP) is 3.88. The molecule has 0 fully saturated rings. The summed E-state index contributed by atoms with van der Waals surface area (Å²) in [7, 11) is 0. The van der Waals surface area contributed by atoms with Gasteiger partial charge in [-0.2, -0.15) is 4.98 Å². The smallest absolute Gasteiger partial charge is 0.222 e. The lowest BCUT2D eigenvalue weighted by Gasteiger charge is -2.09. The van der Waals surface area contributed by atoms with Crippen LogP contribution in [0.1, 0.15) is 5.69 Å². The molecule has 0 saturated heterocycles. The van der Waals surface area contributed by atoms with Crippen LogP contribution < -0.4 is 16.8 Å². The number of rotatable bonds is 6. The molecule has 2 rings (SSSR count). The summed E-state index contributed by atoms with van der Waals surface area (Å²) in [5.41, 5.74) is 12.3. The number of nitrogen functional groups attached to an aromatic ring is 1. The lowest BCUT2D eigenvalue weighted by molar-refractivity contribution is 0.603. The van der Waals surface area contributed by atoms with Crippen molar-refractivity contribution in [1.82, 2.24) is 9.97 Å². The average molecular weight is 343 g/mol. The number of benzene rings is 1. The first kappa shape index (κ1) is 17.6. The highest BCUT2D eigenvalue weighted by atomic mass is 32.2. The molecule has 124 valence electrons. The monoisotopic (exact) mass is 343 g/mol. The molecular formula is C17H18FN5S. The van der Waals surface area contributed by atoms with Crippen molar-refractivity contribution >= 4 is 29.2 Å². The lowest BCUT2D eigenvalue weighted by atomic mass is 10.3. The highest BCUT2D eigenvalue weighted by Gasteiger charge is 2.07. The number of aryl methyl sites for hydroxylation is 1. The van der Waals surface area contributed by atoms with Crippen molar-refractivity contribution in [2.45, 2.75) is 11.8 Å². The summed E-state index contributed by atoms with van der Waals surface area (Å²) in [6.45, 7) is 5.44. The summed E-state index contributed by atoms with van der Waals surface area (Å²) in [4.78, 5) is 9.32. The van der Waals surface area contributed by atoms with E-state index < -0.39 is 0 Å². The second kappa shape index (κ2) is 8.16. The van der Waals surface area contributed by atoms with E-state index in [2.05, 4.69) is 21.9 Å². The van der Waals surface area contributed by atoms with Crippen molar-refractivity contribution < 1.29 is 4.39 Å². The molecule has 0 saturated carbocycles. The van der Waals surface area contributed by atoms with Gasteiger partial charge in [-0.25, -0.2) is 9.37 Å². The minimum Gasteiger partial charge on any atom is -0.405 e. The van der Waals surface area contributed by atoms with Gasteiger partial charge in [0.2, 0.25) is 5.95 Å². The quantitative estimate of drug-likeness (QED) is 0.545. The summed E-state index contributed by atoms with van der Waals surface area (Å²) in [6, 6.07) is 6.57. The Hall–Kier alpha value is -2.80. The molecule has 1 aromatic heterocycles. The lowest BCUT2D eigenvalue weighted by Crippen LogP contribution is -2.01. The Kier molecular flexibility index (Phi) is 5.97. The number of anilines is 3. The van der Waals surface area contributed by atoms with E-state index in [1.165, 1.54) is 24.0 Å². The third kappa shape index (κ3) is 4.85. The maximum atomic E-state index is 14.3. The SMILES string of the molecule is C=C/C=C(\C=C/N)Sc1ccc(Nc2cc(C)nc(N)n2)cc1F. The second-order valence-corrected chi connectivity index (χ2v) is 5.90. The van der Waals surface area contributed by atoms with Crippen LogP contribution in [0.25, 0.3) is 0 Å². The molecule has 0 radical (unpaired) electrons. The van der Waals surface area contributed by atoms with Gasteiger partial charge in [0.25, 0.3) is 0 Å². The number of nitrogens with one attached hydrogen (secondary N) is 1. The Morgan fingerprint density at radius 2 is 2.12 bits per heavy atom. The molecule has 1 heterocycles. The standard InChI is InChI=1S/C17H18FN5S/c1-3-4-13(7-8-19)24-15-6-5-12(10-14(15)18)22-16-9-11(2)21-17(20)23-16/h3-10H,1,19H2,2H3,(H3,20,21,22,23)/b8-7-,13-4+. The summed E-state index contributed by atoms with van der Waals surface area (Å²) in [6.07, 6.45) is 6.46. The highest BCUT2D eigenvalue weighted by Crippen LogP contribution is 2.31. The molecule has 0 atom stereocenters. The fraction of sp³-hybridized carbons (Fsp3) is 0.0588. The average Bonchev–Trinajstić information content (AvgIpc) is 2.49. The third-order valence-corrected chi connectivity index (χ3v) is 3.91. The third-order valence-electron chi connectivity index (χ3n) is 2.85. The van der Waals surface area contributed by atoms with E-state index in [1.807, 2.05) is 6.92 Å². The van der Waals surface area contributed by atoms with E-state index in [0.717, 1.165) is 10.6 Å². The zero-order valence-electron chi connectivity index (χ0n) is 13.2. The molecule has 0 amide bonds. The first-order valence-electron chi connectivity index (χ1n) is 7.08. The molecule has 0 aliphatic carbocycles. The van der Waals surface area contributed by atoms with E-state index in [-0.39, 0.29) is 11.8 Å². The van der Waals surface area contributed by atoms with Crippen LogP contribution in [0, 0.1) is 12.7 Å². The van der Waals surface area contributed by atoms with Crippen LogP contribution in [-0.2, 0) is 0 Å². The largest absolute Gasteiger partial charge is 0.405 e. The maximum Gasteiger partial charge on any atom is 0.222 e. The number of nitrogens with two attached hydrogens (primary N) is 2. The Morgan fingerprint density at radius 1 is 1.33 bits per heavy atom. The second-order valence-electron chi connectivity index (χ2n) is 4.79. The van der Waals surface area contributed by atoms with E-state index in [9.17, 15) is 4.39 Å². The van der Waals surface area contributed by atoms with Crippen molar-refractivity contribution in [3.63, 3.8) is 0 Å². The molecule has 5 nitrogen and oxygen atoms in total. The van der Waals surface area contributed by atoms with Crippen molar-refractivity contribution in [2.24, 2.45) is 5.73 Å². The van der Waals surface area contributed by atoms with Crippen molar-refractivity contribution in [1.29, 1.82) is 0 Å². The molecule has 0 bridgehead atoms. The van der Waals surface area contributed by atoms with Gasteiger partial charge >= 0.3 is 0 Å². The molecule has 2 aromatic rings. The molecule has 0 aliphatic rings. The molecular weight excluding hydrogens is 325 g/mol. The normalized spacial score (nSPS) is 11.7. The predicted molar refractivity (Wildman–Crippen MR) is 98.3 cm³/mol. The van der Waals surface area contributed by atoms with Gasteiger partial charge < -0.3 is 16.8 Å². The molecule has 0 spiro atoms. The Labute approximate surface area is 144 Å². The van der Waals surface area contributed by atoms with Crippen LogP contribution in [0.5, 0.6) is 0 Å². The number of allylic oxidation sites excluding steroid dienone is 3. The summed E-state index contributed by atoms with van der Waals surface area (Å²) >= 11 is 1.26. The maximum absolute atomic E-state index is 14.3. The zero-order chi connectivity index (χ0) is 17.5. The molecule has 24 heavy (non-hydrogen) atoms. The zero-order valence-corrected chi connectivity index (χ0v) is 14.0. The van der Waals surface area contributed by atoms with Gasteiger partial charge in [-0.3, -0.25) is 0 Å². The van der Waals surface area contributed by atoms with E-state index in [1.54, 1.807) is 36.4 Å². The Morgan fingerprint density at radius 3 is 2.75 bits per heavy atom.